The van der Waals surface area contributed by atoms with Crippen molar-refractivity contribution in [2.24, 2.45) is 0 Å². The Balaban J connectivity index is 1.69. The summed E-state index contributed by atoms with van der Waals surface area (Å²) in [5.74, 6) is 0.123. The molecule has 0 spiro atoms. The Hall–Kier alpha value is -4.08. The van der Waals surface area contributed by atoms with Gasteiger partial charge in [-0.3, -0.25) is 10.1 Å². The summed E-state index contributed by atoms with van der Waals surface area (Å²) in [4.78, 5) is 17.0. The molecule has 0 atom stereocenters. The number of carbonyl (C=O) groups excluding carboxylic acids is 1. The highest BCUT2D eigenvalue weighted by Crippen LogP contribution is 2.33. The van der Waals surface area contributed by atoms with E-state index in [-0.39, 0.29) is 17.0 Å². The third-order valence-electron chi connectivity index (χ3n) is 5.48. The smallest absolute Gasteiger partial charge is 0.416 e. The second-order valence-corrected chi connectivity index (χ2v) is 7.69. The summed E-state index contributed by atoms with van der Waals surface area (Å²) in [5, 5.41) is 2.64. The molecule has 0 aliphatic carbocycles. The Morgan fingerprint density at radius 1 is 0.971 bits per heavy atom. The summed E-state index contributed by atoms with van der Waals surface area (Å²) in [7, 11) is 3.05. The van der Waals surface area contributed by atoms with E-state index in [9.17, 15) is 22.4 Å². The summed E-state index contributed by atoms with van der Waals surface area (Å²) in [6.07, 6.45) is -4.07. The fourth-order valence-corrected chi connectivity index (χ4v) is 3.68. The number of imidazole rings is 1. The topological polar surface area (TPSA) is 65.4 Å². The molecule has 6 nitrogen and oxygen atoms in total. The number of nitrogens with zero attached hydrogens (tertiary/aromatic N) is 2. The number of nitrogens with one attached hydrogen (secondary N) is 1. The van der Waals surface area contributed by atoms with Crippen molar-refractivity contribution in [3.05, 3.63) is 83.2 Å². The lowest BCUT2D eigenvalue weighted by Gasteiger charge is -2.13. The maximum Gasteiger partial charge on any atom is 0.416 e. The fraction of sp³-hybridized carbons (Fsp3) is 0.200. The van der Waals surface area contributed by atoms with Gasteiger partial charge in [-0.2, -0.15) is 13.2 Å². The molecule has 35 heavy (non-hydrogen) atoms. The second kappa shape index (κ2) is 9.65. The van der Waals surface area contributed by atoms with Gasteiger partial charge in [0.15, 0.2) is 11.5 Å². The first kappa shape index (κ1) is 24.1. The molecule has 0 radical (unpaired) electrons. The summed E-state index contributed by atoms with van der Waals surface area (Å²) in [6.45, 7) is 0.302. The number of rotatable bonds is 7. The number of hydrogen-bond acceptors (Lipinski definition) is 4. The predicted octanol–water partition coefficient (Wildman–Crippen LogP) is 5.71. The Labute approximate surface area is 198 Å². The van der Waals surface area contributed by atoms with Crippen LogP contribution in [0.25, 0.3) is 11.0 Å². The SMILES string of the molecule is COc1ccc(CCn2c(NC(=O)c3ccc(F)cc3)nc3cc(C(F)(F)F)ccc32)cc1OC. The molecule has 1 N–H and O–H groups in total. The van der Waals surface area contributed by atoms with Crippen molar-refractivity contribution in [1.29, 1.82) is 0 Å². The number of aromatic nitrogens is 2. The van der Waals surface area contributed by atoms with Crippen molar-refractivity contribution in [1.82, 2.24) is 9.55 Å². The highest BCUT2D eigenvalue weighted by Gasteiger charge is 2.31. The van der Waals surface area contributed by atoms with Gasteiger partial charge >= 0.3 is 6.18 Å². The van der Waals surface area contributed by atoms with E-state index in [1.54, 1.807) is 16.7 Å². The minimum Gasteiger partial charge on any atom is -0.493 e. The first-order chi connectivity index (χ1) is 16.7. The van der Waals surface area contributed by atoms with Crippen LogP contribution in [0.15, 0.2) is 60.7 Å². The zero-order chi connectivity index (χ0) is 25.2. The van der Waals surface area contributed by atoms with Gasteiger partial charge in [0.05, 0.1) is 30.8 Å². The van der Waals surface area contributed by atoms with E-state index in [0.717, 1.165) is 29.8 Å². The lowest BCUT2D eigenvalue weighted by molar-refractivity contribution is -0.137. The number of alkyl halides is 3. The van der Waals surface area contributed by atoms with Gasteiger partial charge in [0.2, 0.25) is 5.95 Å². The normalized spacial score (nSPS) is 11.5. The molecule has 4 rings (SSSR count). The van der Waals surface area contributed by atoms with Gasteiger partial charge in [-0.25, -0.2) is 9.37 Å². The van der Waals surface area contributed by atoms with Crippen molar-refractivity contribution >= 4 is 22.9 Å². The minimum atomic E-state index is -4.53. The molecule has 0 aliphatic rings. The van der Waals surface area contributed by atoms with Gasteiger partial charge in [-0.05, 0) is 66.6 Å². The van der Waals surface area contributed by atoms with Gasteiger partial charge in [-0.1, -0.05) is 6.07 Å². The number of hydrogen-bond donors (Lipinski definition) is 1. The highest BCUT2D eigenvalue weighted by atomic mass is 19.4. The number of benzene rings is 3. The van der Waals surface area contributed by atoms with E-state index in [1.807, 2.05) is 6.07 Å². The van der Waals surface area contributed by atoms with Gasteiger partial charge in [0.1, 0.15) is 5.82 Å². The fourth-order valence-electron chi connectivity index (χ4n) is 3.68. The molecule has 0 saturated heterocycles. The van der Waals surface area contributed by atoms with E-state index in [2.05, 4.69) is 10.3 Å². The predicted molar refractivity (Wildman–Crippen MR) is 122 cm³/mol. The first-order valence-electron chi connectivity index (χ1n) is 10.5. The highest BCUT2D eigenvalue weighted by molar-refractivity contribution is 6.04. The largest absolute Gasteiger partial charge is 0.493 e. The van der Waals surface area contributed by atoms with Crippen LogP contribution in [0.4, 0.5) is 23.5 Å². The molecule has 3 aromatic carbocycles. The van der Waals surface area contributed by atoms with Gasteiger partial charge in [0, 0.05) is 12.1 Å². The molecular formula is C25H21F4N3O3. The van der Waals surface area contributed by atoms with Crippen LogP contribution < -0.4 is 14.8 Å². The van der Waals surface area contributed by atoms with E-state index in [4.69, 9.17) is 9.47 Å². The van der Waals surface area contributed by atoms with Crippen molar-refractivity contribution in [3.63, 3.8) is 0 Å². The lowest BCUT2D eigenvalue weighted by Crippen LogP contribution is -2.16. The third-order valence-corrected chi connectivity index (χ3v) is 5.48. The molecule has 0 fully saturated rings. The molecule has 0 unspecified atom stereocenters. The molecule has 10 heteroatoms. The number of aryl methyl sites for hydroxylation is 2. The van der Waals surface area contributed by atoms with Crippen LogP contribution in [0, 0.1) is 5.82 Å². The first-order valence-corrected chi connectivity index (χ1v) is 10.5. The zero-order valence-corrected chi connectivity index (χ0v) is 18.8. The van der Waals surface area contributed by atoms with E-state index in [1.165, 1.54) is 32.4 Å². The van der Waals surface area contributed by atoms with Gasteiger partial charge in [-0.15, -0.1) is 0 Å². The molecule has 0 aliphatic heterocycles. The molecule has 1 aromatic heterocycles. The van der Waals surface area contributed by atoms with Crippen LogP contribution in [-0.4, -0.2) is 29.7 Å². The van der Waals surface area contributed by atoms with Crippen LogP contribution in [0.5, 0.6) is 11.5 Å². The number of methoxy groups -OCH3 is 2. The molecular weight excluding hydrogens is 466 g/mol. The number of ether oxygens (including phenoxy) is 2. The van der Waals surface area contributed by atoms with E-state index >= 15 is 0 Å². The third kappa shape index (κ3) is 5.21. The van der Waals surface area contributed by atoms with Crippen molar-refractivity contribution < 1.29 is 31.8 Å². The van der Waals surface area contributed by atoms with Crippen LogP contribution in [-0.2, 0) is 19.1 Å². The zero-order valence-electron chi connectivity index (χ0n) is 18.8. The standard InChI is InChI=1S/C25H21F4N3O3/c1-34-21-10-3-15(13-22(21)35-2)11-12-32-20-9-6-17(25(27,28)29)14-19(20)30-24(32)31-23(33)16-4-7-18(26)8-5-16/h3-10,13-14H,11-12H2,1-2H3,(H,30,31,33). The molecule has 0 bridgehead atoms. The number of fused-ring (bicyclic) bond motifs is 1. The number of carbonyl (C=O) groups is 1. The number of halogens is 4. The van der Waals surface area contributed by atoms with E-state index < -0.39 is 23.5 Å². The summed E-state index contributed by atoms with van der Waals surface area (Å²) in [6, 6.07) is 13.6. The number of anilines is 1. The maximum absolute atomic E-state index is 13.2. The van der Waals surface area contributed by atoms with Crippen LogP contribution in [0.3, 0.4) is 0 Å². The van der Waals surface area contributed by atoms with Crippen molar-refractivity contribution in [2.75, 3.05) is 19.5 Å². The van der Waals surface area contributed by atoms with E-state index in [0.29, 0.717) is 30.0 Å². The van der Waals surface area contributed by atoms with Crippen LogP contribution in [0.2, 0.25) is 0 Å². The molecule has 182 valence electrons. The Kier molecular flexibility index (Phi) is 6.63. The van der Waals surface area contributed by atoms with Crippen molar-refractivity contribution in [2.45, 2.75) is 19.1 Å². The molecule has 0 saturated carbocycles. The summed E-state index contributed by atoms with van der Waals surface area (Å²) >= 11 is 0. The van der Waals surface area contributed by atoms with Crippen molar-refractivity contribution in [3.8, 4) is 11.5 Å². The minimum absolute atomic E-state index is 0.0779. The van der Waals surface area contributed by atoms with Crippen LogP contribution >= 0.6 is 0 Å². The monoisotopic (exact) mass is 487 g/mol. The Morgan fingerprint density at radius 3 is 2.34 bits per heavy atom. The molecule has 4 aromatic rings. The van der Waals surface area contributed by atoms with Crippen LogP contribution in [0.1, 0.15) is 21.5 Å². The quantitative estimate of drug-likeness (QED) is 0.340. The summed E-state index contributed by atoms with van der Waals surface area (Å²) < 4.78 is 65.1. The van der Waals surface area contributed by atoms with Gasteiger partial charge < -0.3 is 14.0 Å². The Morgan fingerprint density at radius 2 is 1.69 bits per heavy atom. The average molecular weight is 487 g/mol. The summed E-state index contributed by atoms with van der Waals surface area (Å²) in [5.41, 5.74) is 0.730. The molecule has 1 amide bonds. The lowest BCUT2D eigenvalue weighted by atomic mass is 10.1. The molecule has 1 heterocycles. The van der Waals surface area contributed by atoms with Gasteiger partial charge in [0.25, 0.3) is 5.91 Å². The maximum atomic E-state index is 13.2. The second-order valence-electron chi connectivity index (χ2n) is 7.69. The number of amides is 1. The Bertz CT molecular complexity index is 1370. The average Bonchev–Trinajstić information content (AvgIpc) is 3.18.